The van der Waals surface area contributed by atoms with Crippen LogP contribution in [-0.2, 0) is 0 Å². The van der Waals surface area contributed by atoms with E-state index in [1.54, 1.807) is 12.4 Å². The molecule has 2 aromatic heterocycles. The third kappa shape index (κ3) is 4.30. The van der Waals surface area contributed by atoms with E-state index in [9.17, 15) is 0 Å². The lowest BCUT2D eigenvalue weighted by atomic mass is 10.1. The first-order chi connectivity index (χ1) is 12.2. The lowest BCUT2D eigenvalue weighted by Gasteiger charge is -2.13. The van der Waals surface area contributed by atoms with Crippen molar-refractivity contribution in [3.05, 3.63) is 59.9 Å². The van der Waals surface area contributed by atoms with Crippen molar-refractivity contribution >= 4 is 17.5 Å². The maximum absolute atomic E-state index is 9.04. The number of nitrogens with one attached hydrogen (secondary N) is 2. The van der Waals surface area contributed by atoms with Crippen molar-refractivity contribution < 1.29 is 5.11 Å². The number of hydrogen-bond donors (Lipinski definition) is 3. The molecule has 0 atom stereocenters. The molecule has 0 radical (unpaired) electrons. The summed E-state index contributed by atoms with van der Waals surface area (Å²) < 4.78 is 0. The molecule has 0 aliphatic heterocycles. The second-order valence-corrected chi connectivity index (χ2v) is 5.79. The number of anilines is 3. The highest BCUT2D eigenvalue weighted by molar-refractivity contribution is 5.68. The fraction of sp³-hybridized carbons (Fsp3) is 0.211. The van der Waals surface area contributed by atoms with Crippen molar-refractivity contribution in [1.82, 2.24) is 15.0 Å². The van der Waals surface area contributed by atoms with E-state index in [0.29, 0.717) is 18.3 Å². The lowest BCUT2D eigenvalue weighted by Crippen LogP contribution is -2.10. The van der Waals surface area contributed by atoms with Crippen LogP contribution in [-0.4, -0.2) is 33.2 Å². The third-order valence-electron chi connectivity index (χ3n) is 3.75. The Morgan fingerprint density at radius 1 is 1.00 bits per heavy atom. The summed E-state index contributed by atoms with van der Waals surface area (Å²) in [4.78, 5) is 13.1. The Morgan fingerprint density at radius 2 is 1.80 bits per heavy atom. The Morgan fingerprint density at radius 3 is 2.56 bits per heavy atom. The van der Waals surface area contributed by atoms with Crippen molar-refractivity contribution in [3.8, 4) is 11.3 Å². The van der Waals surface area contributed by atoms with Crippen LogP contribution in [0.1, 0.15) is 11.1 Å². The second kappa shape index (κ2) is 7.72. The number of aryl methyl sites for hydroxylation is 2. The molecule has 0 fully saturated rings. The molecule has 0 bridgehead atoms. The molecule has 25 heavy (non-hydrogen) atoms. The molecule has 128 valence electrons. The van der Waals surface area contributed by atoms with Crippen molar-refractivity contribution in [1.29, 1.82) is 0 Å². The molecule has 0 spiro atoms. The van der Waals surface area contributed by atoms with Gasteiger partial charge in [-0.25, -0.2) is 4.98 Å². The van der Waals surface area contributed by atoms with Gasteiger partial charge in [0.2, 0.25) is 5.95 Å². The average molecular weight is 335 g/mol. The van der Waals surface area contributed by atoms with Crippen LogP contribution in [0.3, 0.4) is 0 Å². The van der Waals surface area contributed by atoms with E-state index in [0.717, 1.165) is 22.5 Å². The van der Waals surface area contributed by atoms with Gasteiger partial charge in [-0.15, -0.1) is 0 Å². The first-order valence-corrected chi connectivity index (χ1v) is 8.14. The minimum absolute atomic E-state index is 0.0165. The quantitative estimate of drug-likeness (QED) is 0.641. The molecule has 1 aromatic carbocycles. The van der Waals surface area contributed by atoms with E-state index >= 15 is 0 Å². The summed E-state index contributed by atoms with van der Waals surface area (Å²) in [5.41, 5.74) is 5.06. The first kappa shape index (κ1) is 16.9. The predicted molar refractivity (Wildman–Crippen MR) is 100 cm³/mol. The van der Waals surface area contributed by atoms with Crippen LogP contribution in [0.15, 0.2) is 48.8 Å². The monoisotopic (exact) mass is 335 g/mol. The number of hydrogen-bond acceptors (Lipinski definition) is 6. The summed E-state index contributed by atoms with van der Waals surface area (Å²) in [5, 5.41) is 15.4. The van der Waals surface area contributed by atoms with Gasteiger partial charge >= 0.3 is 0 Å². The maximum atomic E-state index is 9.04. The molecule has 3 rings (SSSR count). The van der Waals surface area contributed by atoms with Crippen molar-refractivity contribution in [2.75, 3.05) is 23.8 Å². The minimum atomic E-state index is 0.0165. The molecule has 0 saturated heterocycles. The molecule has 6 nitrogen and oxygen atoms in total. The molecular weight excluding hydrogens is 314 g/mol. The molecule has 6 heteroatoms. The largest absolute Gasteiger partial charge is 0.395 e. The van der Waals surface area contributed by atoms with Gasteiger partial charge in [0.25, 0.3) is 0 Å². The lowest BCUT2D eigenvalue weighted by molar-refractivity contribution is 0.311. The smallest absolute Gasteiger partial charge is 0.225 e. The van der Waals surface area contributed by atoms with Crippen LogP contribution in [0, 0.1) is 13.8 Å². The van der Waals surface area contributed by atoms with E-state index < -0.39 is 0 Å². The zero-order chi connectivity index (χ0) is 17.6. The highest BCUT2D eigenvalue weighted by atomic mass is 16.3. The van der Waals surface area contributed by atoms with Crippen LogP contribution in [0.4, 0.5) is 17.5 Å². The standard InChI is InChI=1S/C19H21N5O/c1-13-3-4-14(2)16(11-13)22-18-12-17(15-5-7-20-8-6-15)23-19(24-18)21-9-10-25/h3-8,11-12,25H,9-10H2,1-2H3,(H2,21,22,23,24). The van der Waals surface area contributed by atoms with Gasteiger partial charge < -0.3 is 15.7 Å². The molecular formula is C19H21N5O. The molecule has 0 amide bonds. The van der Waals surface area contributed by atoms with Crippen LogP contribution in [0.2, 0.25) is 0 Å². The summed E-state index contributed by atoms with van der Waals surface area (Å²) in [6, 6.07) is 12.0. The number of pyridine rings is 1. The number of nitrogens with zero attached hydrogens (tertiary/aromatic N) is 3. The Hall–Kier alpha value is -2.99. The van der Waals surface area contributed by atoms with Crippen LogP contribution >= 0.6 is 0 Å². The topological polar surface area (TPSA) is 83.0 Å². The first-order valence-electron chi connectivity index (χ1n) is 8.14. The van der Waals surface area contributed by atoms with Gasteiger partial charge in [-0.1, -0.05) is 12.1 Å². The summed E-state index contributed by atoms with van der Waals surface area (Å²) in [6.07, 6.45) is 3.46. The van der Waals surface area contributed by atoms with Gasteiger partial charge in [0.05, 0.1) is 12.3 Å². The van der Waals surface area contributed by atoms with E-state index in [1.165, 1.54) is 5.56 Å². The van der Waals surface area contributed by atoms with E-state index in [4.69, 9.17) is 5.11 Å². The van der Waals surface area contributed by atoms with E-state index in [-0.39, 0.29) is 6.61 Å². The summed E-state index contributed by atoms with van der Waals surface area (Å²) >= 11 is 0. The highest BCUT2D eigenvalue weighted by Gasteiger charge is 2.08. The fourth-order valence-corrected chi connectivity index (χ4v) is 2.44. The Labute approximate surface area is 147 Å². The number of aliphatic hydroxyl groups is 1. The van der Waals surface area contributed by atoms with E-state index in [2.05, 4.69) is 57.6 Å². The zero-order valence-electron chi connectivity index (χ0n) is 14.3. The molecule has 0 unspecified atom stereocenters. The van der Waals surface area contributed by atoms with Gasteiger partial charge in [0, 0.05) is 36.3 Å². The number of benzene rings is 1. The van der Waals surface area contributed by atoms with Crippen molar-refractivity contribution in [3.63, 3.8) is 0 Å². The third-order valence-corrected chi connectivity index (χ3v) is 3.75. The Bertz CT molecular complexity index is 852. The summed E-state index contributed by atoms with van der Waals surface area (Å²) in [7, 11) is 0. The molecule has 3 aromatic rings. The fourth-order valence-electron chi connectivity index (χ4n) is 2.44. The van der Waals surface area contributed by atoms with Gasteiger partial charge in [-0.05, 0) is 43.2 Å². The average Bonchev–Trinajstić information content (AvgIpc) is 2.63. The number of rotatable bonds is 6. The second-order valence-electron chi connectivity index (χ2n) is 5.79. The predicted octanol–water partition coefficient (Wildman–Crippen LogP) is 3.30. The Kier molecular flexibility index (Phi) is 5.20. The summed E-state index contributed by atoms with van der Waals surface area (Å²) in [5.74, 6) is 1.16. The number of aliphatic hydroxyl groups excluding tert-OH is 1. The number of aromatic nitrogens is 3. The van der Waals surface area contributed by atoms with Crippen LogP contribution < -0.4 is 10.6 Å². The molecule has 2 heterocycles. The zero-order valence-corrected chi connectivity index (χ0v) is 14.3. The SMILES string of the molecule is Cc1ccc(C)c(Nc2cc(-c3ccncc3)nc(NCCO)n2)c1. The minimum Gasteiger partial charge on any atom is -0.395 e. The van der Waals surface area contributed by atoms with Gasteiger partial charge in [-0.2, -0.15) is 4.98 Å². The van der Waals surface area contributed by atoms with Crippen molar-refractivity contribution in [2.24, 2.45) is 0 Å². The molecule has 0 saturated carbocycles. The van der Waals surface area contributed by atoms with Gasteiger partial charge in [-0.3, -0.25) is 4.98 Å². The van der Waals surface area contributed by atoms with Gasteiger partial charge in [0.1, 0.15) is 5.82 Å². The van der Waals surface area contributed by atoms with Crippen LogP contribution in [0.25, 0.3) is 11.3 Å². The molecule has 0 aliphatic rings. The molecule has 3 N–H and O–H groups in total. The van der Waals surface area contributed by atoms with E-state index in [1.807, 2.05) is 18.2 Å². The van der Waals surface area contributed by atoms with Crippen LogP contribution in [0.5, 0.6) is 0 Å². The van der Waals surface area contributed by atoms with Crippen molar-refractivity contribution in [2.45, 2.75) is 13.8 Å². The highest BCUT2D eigenvalue weighted by Crippen LogP contribution is 2.25. The Balaban J connectivity index is 1.98. The van der Waals surface area contributed by atoms with Gasteiger partial charge in [0.15, 0.2) is 0 Å². The summed E-state index contributed by atoms with van der Waals surface area (Å²) in [6.45, 7) is 4.52. The normalized spacial score (nSPS) is 10.5. The maximum Gasteiger partial charge on any atom is 0.225 e. The molecule has 0 aliphatic carbocycles.